The molecule has 0 atom stereocenters. The highest BCUT2D eigenvalue weighted by Gasteiger charge is 2.16. The van der Waals surface area contributed by atoms with Crippen LogP contribution in [0.2, 0.25) is 0 Å². The minimum Gasteiger partial charge on any atom is -0.248 e. The number of hydrogen-bond donors (Lipinski definition) is 0. The van der Waals surface area contributed by atoms with Gasteiger partial charge in [-0.25, -0.2) is 24.8 Å². The van der Waals surface area contributed by atoms with Crippen molar-refractivity contribution in [3.8, 4) is 0 Å². The van der Waals surface area contributed by atoms with E-state index in [0.29, 0.717) is 0 Å². The van der Waals surface area contributed by atoms with Gasteiger partial charge < -0.3 is 0 Å². The fraction of sp³-hybridized carbons (Fsp3) is 0.100. The molecule has 3 aromatic rings. The summed E-state index contributed by atoms with van der Waals surface area (Å²) in [7, 11) is -7.71. The standard InChI is InChI=1S/C20H20N2O4S2/c1-17-5-9-19(10-6-17)27(23,24)21-13-3-4-14-22(16-15-21)28(25,26)20-11-7-18(2)8-12-20/h3-16H,1-2H3. The lowest BCUT2D eigenvalue weighted by Gasteiger charge is -2.10. The molecule has 8 heteroatoms. The van der Waals surface area contributed by atoms with Crippen LogP contribution in [0.25, 0.3) is 0 Å². The van der Waals surface area contributed by atoms with Crippen LogP contribution in [-0.4, -0.2) is 24.8 Å². The molecule has 0 spiro atoms. The first-order chi connectivity index (χ1) is 13.2. The Balaban J connectivity index is 2.09. The molecule has 1 heterocycles. The Morgan fingerprint density at radius 3 is 1.18 bits per heavy atom. The molecule has 0 saturated heterocycles. The van der Waals surface area contributed by atoms with Crippen molar-refractivity contribution in [2.75, 3.05) is 0 Å². The van der Waals surface area contributed by atoms with E-state index in [0.717, 1.165) is 19.1 Å². The number of hydrogen-bond acceptors (Lipinski definition) is 4. The van der Waals surface area contributed by atoms with E-state index in [4.69, 9.17) is 0 Å². The maximum atomic E-state index is 12.9. The van der Waals surface area contributed by atoms with Gasteiger partial charge in [0.1, 0.15) is 0 Å². The van der Waals surface area contributed by atoms with Crippen molar-refractivity contribution in [2.24, 2.45) is 0 Å². The lowest BCUT2D eigenvalue weighted by molar-refractivity contribution is 0.583. The van der Waals surface area contributed by atoms with Gasteiger partial charge in [0.2, 0.25) is 0 Å². The largest absolute Gasteiger partial charge is 0.267 e. The lowest BCUT2D eigenvalue weighted by Crippen LogP contribution is -2.15. The normalized spacial score (nSPS) is 11.8. The summed E-state index contributed by atoms with van der Waals surface area (Å²) < 4.78 is 53.4. The Bertz CT molecular complexity index is 1130. The number of nitrogens with zero attached hydrogens (tertiary/aromatic N) is 2. The molecule has 6 nitrogen and oxygen atoms in total. The summed E-state index contributed by atoms with van der Waals surface area (Å²) in [6.45, 7) is 3.73. The molecule has 0 radical (unpaired) electrons. The molecule has 0 N–H and O–H groups in total. The molecule has 0 aliphatic heterocycles. The highest BCUT2D eigenvalue weighted by atomic mass is 32.2. The molecule has 0 amide bonds. The monoisotopic (exact) mass is 416 g/mol. The number of rotatable bonds is 4. The van der Waals surface area contributed by atoms with Crippen LogP contribution in [0.5, 0.6) is 0 Å². The predicted octanol–water partition coefficient (Wildman–Crippen LogP) is 3.50. The quantitative estimate of drug-likeness (QED) is 0.652. The van der Waals surface area contributed by atoms with Crippen LogP contribution in [0.3, 0.4) is 0 Å². The van der Waals surface area contributed by atoms with Crippen LogP contribution in [0.1, 0.15) is 11.1 Å². The van der Waals surface area contributed by atoms with Crippen molar-refractivity contribution < 1.29 is 16.8 Å². The first kappa shape index (κ1) is 19.9. The number of aryl methyl sites for hydroxylation is 2. The lowest BCUT2D eigenvalue weighted by atomic mass is 10.2. The van der Waals surface area contributed by atoms with Gasteiger partial charge in [0.15, 0.2) is 0 Å². The van der Waals surface area contributed by atoms with Crippen molar-refractivity contribution in [1.82, 2.24) is 7.94 Å². The highest BCUT2D eigenvalue weighted by molar-refractivity contribution is 7.90. The third kappa shape index (κ3) is 4.02. The maximum absolute atomic E-state index is 12.9. The Hall–Kier alpha value is -2.84. The van der Waals surface area contributed by atoms with Crippen LogP contribution in [0.15, 0.2) is 95.2 Å². The van der Waals surface area contributed by atoms with Gasteiger partial charge in [0, 0.05) is 24.8 Å². The molecule has 0 bridgehead atoms. The highest BCUT2D eigenvalue weighted by Crippen LogP contribution is 2.16. The van der Waals surface area contributed by atoms with Gasteiger partial charge in [-0.3, -0.25) is 0 Å². The van der Waals surface area contributed by atoms with E-state index in [1.807, 2.05) is 13.8 Å². The van der Waals surface area contributed by atoms with Gasteiger partial charge in [-0.05, 0) is 50.2 Å². The van der Waals surface area contributed by atoms with E-state index < -0.39 is 20.0 Å². The van der Waals surface area contributed by atoms with Crippen LogP contribution in [-0.2, 0) is 20.0 Å². The molecule has 0 aliphatic carbocycles. The molecule has 1 aromatic heterocycles. The summed E-state index contributed by atoms with van der Waals surface area (Å²) in [5.41, 5.74) is 1.88. The summed E-state index contributed by atoms with van der Waals surface area (Å²) >= 11 is 0. The summed E-state index contributed by atoms with van der Waals surface area (Å²) in [5, 5.41) is 0. The second kappa shape index (κ2) is 7.65. The van der Waals surface area contributed by atoms with Crippen molar-refractivity contribution in [3.63, 3.8) is 0 Å². The number of benzene rings is 2. The zero-order valence-electron chi connectivity index (χ0n) is 15.4. The molecule has 28 heavy (non-hydrogen) atoms. The summed E-state index contributed by atoms with van der Waals surface area (Å²) in [6, 6.07) is 15.8. The predicted molar refractivity (Wildman–Crippen MR) is 108 cm³/mol. The van der Waals surface area contributed by atoms with Gasteiger partial charge in [0.25, 0.3) is 20.0 Å². The molecule has 0 fully saturated rings. The topological polar surface area (TPSA) is 78.1 Å². The molecule has 0 aliphatic rings. The summed E-state index contributed by atoms with van der Waals surface area (Å²) in [6.07, 6.45) is 5.14. The maximum Gasteiger partial charge on any atom is 0.267 e. The van der Waals surface area contributed by atoms with Gasteiger partial charge >= 0.3 is 0 Å². The van der Waals surface area contributed by atoms with Gasteiger partial charge in [-0.2, -0.15) is 0 Å². The van der Waals surface area contributed by atoms with E-state index in [1.54, 1.807) is 24.3 Å². The minimum atomic E-state index is -3.85. The molecule has 3 rings (SSSR count). The second-order valence-electron chi connectivity index (χ2n) is 6.28. The van der Waals surface area contributed by atoms with Crippen molar-refractivity contribution in [3.05, 3.63) is 96.6 Å². The zero-order valence-corrected chi connectivity index (χ0v) is 17.1. The summed E-state index contributed by atoms with van der Waals surface area (Å²) in [4.78, 5) is 0.231. The SMILES string of the molecule is Cc1ccc(S(=O)(=O)n2ccccn(S(=O)(=O)c3ccc(C)cc3)cc2)cc1. The Kier molecular flexibility index (Phi) is 5.44. The van der Waals surface area contributed by atoms with E-state index in [1.165, 1.54) is 61.2 Å². The first-order valence-electron chi connectivity index (χ1n) is 8.45. The van der Waals surface area contributed by atoms with Crippen LogP contribution >= 0.6 is 0 Å². The van der Waals surface area contributed by atoms with Crippen molar-refractivity contribution in [2.45, 2.75) is 23.6 Å². The van der Waals surface area contributed by atoms with Gasteiger partial charge in [-0.1, -0.05) is 35.4 Å². The van der Waals surface area contributed by atoms with Crippen LogP contribution in [0, 0.1) is 13.8 Å². The molecular formula is C20H20N2O4S2. The minimum absolute atomic E-state index is 0.116. The summed E-state index contributed by atoms with van der Waals surface area (Å²) in [5.74, 6) is 0. The average Bonchev–Trinajstić information content (AvgIpc) is 2.62. The molecule has 146 valence electrons. The third-order valence-corrected chi connectivity index (χ3v) is 7.46. The third-order valence-electron chi connectivity index (χ3n) is 4.13. The van der Waals surface area contributed by atoms with Crippen molar-refractivity contribution >= 4 is 20.0 Å². The zero-order chi connectivity index (χ0) is 20.4. The van der Waals surface area contributed by atoms with Gasteiger partial charge in [-0.15, -0.1) is 0 Å². The smallest absolute Gasteiger partial charge is 0.248 e. The van der Waals surface area contributed by atoms with E-state index >= 15 is 0 Å². The second-order valence-corrected chi connectivity index (χ2v) is 9.96. The molecular weight excluding hydrogens is 396 g/mol. The Morgan fingerprint density at radius 1 is 0.536 bits per heavy atom. The average molecular weight is 417 g/mol. The molecule has 2 aromatic carbocycles. The van der Waals surface area contributed by atoms with Crippen molar-refractivity contribution in [1.29, 1.82) is 0 Å². The number of aromatic nitrogens is 2. The first-order valence-corrected chi connectivity index (χ1v) is 11.3. The Labute approximate surface area is 165 Å². The molecule has 0 unspecified atom stereocenters. The Morgan fingerprint density at radius 2 is 0.857 bits per heavy atom. The van der Waals surface area contributed by atoms with E-state index in [9.17, 15) is 16.8 Å². The van der Waals surface area contributed by atoms with Crippen LogP contribution < -0.4 is 0 Å². The molecule has 0 saturated carbocycles. The fourth-order valence-electron chi connectivity index (χ4n) is 2.48. The van der Waals surface area contributed by atoms with Crippen LogP contribution in [0.4, 0.5) is 0 Å². The fourth-order valence-corrected chi connectivity index (χ4v) is 4.82. The van der Waals surface area contributed by atoms with E-state index in [-0.39, 0.29) is 9.79 Å². The van der Waals surface area contributed by atoms with Gasteiger partial charge in [0.05, 0.1) is 9.79 Å². The van der Waals surface area contributed by atoms with E-state index in [2.05, 4.69) is 0 Å².